The number of anilines is 1. The number of nitrogens with one attached hydrogen (secondary N) is 1. The van der Waals surface area contributed by atoms with Gasteiger partial charge in [0.1, 0.15) is 0 Å². The molecule has 1 amide bonds. The Morgan fingerprint density at radius 3 is 2.72 bits per heavy atom. The second-order valence-electron chi connectivity index (χ2n) is 4.16. The van der Waals surface area contributed by atoms with Crippen molar-refractivity contribution >= 4 is 17.7 Å². The van der Waals surface area contributed by atoms with Crippen molar-refractivity contribution < 1.29 is 4.79 Å². The average Bonchev–Trinajstić information content (AvgIpc) is 2.57. The predicted molar refractivity (Wildman–Crippen MR) is 73.1 cm³/mol. The SMILES string of the molecule is NC(=O)c1cccc2c1-c1ccccc1C=CN2. The number of carbonyl (C=O) groups excluding carboxylic acids is 1. The molecule has 0 saturated carbocycles. The summed E-state index contributed by atoms with van der Waals surface area (Å²) in [5.41, 5.74) is 9.84. The maximum Gasteiger partial charge on any atom is 0.249 e. The van der Waals surface area contributed by atoms with Gasteiger partial charge in [0, 0.05) is 23.0 Å². The van der Waals surface area contributed by atoms with Crippen LogP contribution in [0.3, 0.4) is 0 Å². The molecule has 0 aliphatic carbocycles. The third kappa shape index (κ3) is 1.57. The molecule has 0 aromatic heterocycles. The number of benzene rings is 2. The fourth-order valence-electron chi connectivity index (χ4n) is 2.26. The molecule has 3 N–H and O–H groups in total. The molecule has 88 valence electrons. The Morgan fingerprint density at radius 2 is 1.89 bits per heavy atom. The number of rotatable bonds is 1. The van der Waals surface area contributed by atoms with E-state index in [1.165, 1.54) is 0 Å². The summed E-state index contributed by atoms with van der Waals surface area (Å²) < 4.78 is 0. The second-order valence-corrected chi connectivity index (χ2v) is 4.16. The molecule has 0 fully saturated rings. The molecule has 3 rings (SSSR count). The quantitative estimate of drug-likeness (QED) is 0.800. The molecule has 2 aromatic carbocycles. The first kappa shape index (κ1) is 10.6. The van der Waals surface area contributed by atoms with Crippen LogP contribution in [0.2, 0.25) is 0 Å². The minimum atomic E-state index is -0.412. The van der Waals surface area contributed by atoms with Crippen LogP contribution in [0.25, 0.3) is 17.2 Å². The van der Waals surface area contributed by atoms with Crippen LogP contribution in [0, 0.1) is 0 Å². The summed E-state index contributed by atoms with van der Waals surface area (Å²) in [4.78, 5) is 11.6. The Morgan fingerprint density at radius 1 is 1.06 bits per heavy atom. The van der Waals surface area contributed by atoms with Gasteiger partial charge in [-0.05, 0) is 29.3 Å². The van der Waals surface area contributed by atoms with Crippen molar-refractivity contribution in [1.29, 1.82) is 0 Å². The molecule has 1 heterocycles. The Labute approximate surface area is 105 Å². The molecule has 0 saturated heterocycles. The number of carbonyl (C=O) groups is 1. The number of nitrogens with two attached hydrogens (primary N) is 1. The van der Waals surface area contributed by atoms with Crippen molar-refractivity contribution in [2.75, 3.05) is 5.32 Å². The van der Waals surface area contributed by atoms with E-state index in [4.69, 9.17) is 5.73 Å². The molecule has 3 heteroatoms. The fraction of sp³-hybridized carbons (Fsp3) is 0. The molecule has 2 aromatic rings. The maximum atomic E-state index is 11.6. The molecule has 0 radical (unpaired) electrons. The minimum Gasteiger partial charge on any atom is -0.366 e. The highest BCUT2D eigenvalue weighted by molar-refractivity contribution is 6.05. The molecule has 0 bridgehead atoms. The van der Waals surface area contributed by atoms with Gasteiger partial charge in [-0.1, -0.05) is 30.3 Å². The summed E-state index contributed by atoms with van der Waals surface area (Å²) in [5, 5.41) is 3.18. The summed E-state index contributed by atoms with van der Waals surface area (Å²) in [6.07, 6.45) is 3.86. The van der Waals surface area contributed by atoms with Crippen molar-refractivity contribution in [2.24, 2.45) is 5.73 Å². The zero-order valence-electron chi connectivity index (χ0n) is 9.68. The van der Waals surface area contributed by atoms with Crippen LogP contribution in [-0.4, -0.2) is 5.91 Å². The normalized spacial score (nSPS) is 12.0. The summed E-state index contributed by atoms with van der Waals surface area (Å²) in [7, 11) is 0. The molecule has 1 aliphatic rings. The van der Waals surface area contributed by atoms with Crippen LogP contribution >= 0.6 is 0 Å². The highest BCUT2D eigenvalue weighted by atomic mass is 16.1. The van der Waals surface area contributed by atoms with E-state index in [1.54, 1.807) is 6.07 Å². The summed E-state index contributed by atoms with van der Waals surface area (Å²) in [5.74, 6) is -0.412. The molecule has 18 heavy (non-hydrogen) atoms. The third-order valence-corrected chi connectivity index (χ3v) is 3.06. The van der Waals surface area contributed by atoms with E-state index in [1.807, 2.05) is 48.7 Å². The van der Waals surface area contributed by atoms with Gasteiger partial charge in [0.05, 0.1) is 0 Å². The van der Waals surface area contributed by atoms with Gasteiger partial charge in [0.2, 0.25) is 5.91 Å². The van der Waals surface area contributed by atoms with Gasteiger partial charge in [-0.25, -0.2) is 0 Å². The topological polar surface area (TPSA) is 55.1 Å². The average molecular weight is 236 g/mol. The molecular weight excluding hydrogens is 224 g/mol. The lowest BCUT2D eigenvalue weighted by atomic mass is 9.94. The van der Waals surface area contributed by atoms with Gasteiger partial charge in [0.15, 0.2) is 0 Å². The Bertz CT molecular complexity index is 659. The zero-order valence-corrected chi connectivity index (χ0v) is 9.68. The van der Waals surface area contributed by atoms with Crippen LogP contribution in [0.4, 0.5) is 5.69 Å². The fourth-order valence-corrected chi connectivity index (χ4v) is 2.26. The maximum absolute atomic E-state index is 11.6. The molecule has 0 atom stereocenters. The van der Waals surface area contributed by atoms with Crippen LogP contribution in [0.5, 0.6) is 0 Å². The van der Waals surface area contributed by atoms with Gasteiger partial charge < -0.3 is 11.1 Å². The van der Waals surface area contributed by atoms with Gasteiger partial charge in [-0.3, -0.25) is 4.79 Å². The first-order valence-electron chi connectivity index (χ1n) is 5.72. The first-order chi connectivity index (χ1) is 8.77. The van der Waals surface area contributed by atoms with Crippen LogP contribution in [-0.2, 0) is 0 Å². The number of hydrogen-bond donors (Lipinski definition) is 2. The lowest BCUT2D eigenvalue weighted by Gasteiger charge is -2.12. The standard InChI is InChI=1S/C15H12N2O/c16-15(18)12-6-3-7-13-14(12)11-5-2-1-4-10(11)8-9-17-13/h1-9,17H,(H2,16,18). The molecular formula is C15H12N2O. The predicted octanol–water partition coefficient (Wildman–Crippen LogP) is 2.85. The highest BCUT2D eigenvalue weighted by Crippen LogP contribution is 2.36. The zero-order chi connectivity index (χ0) is 12.5. The van der Waals surface area contributed by atoms with Gasteiger partial charge in [-0.2, -0.15) is 0 Å². The Kier molecular flexibility index (Phi) is 2.38. The van der Waals surface area contributed by atoms with E-state index < -0.39 is 5.91 Å². The smallest absolute Gasteiger partial charge is 0.249 e. The Hall–Kier alpha value is -2.55. The van der Waals surface area contributed by atoms with E-state index in [0.29, 0.717) is 5.56 Å². The monoisotopic (exact) mass is 236 g/mol. The number of hydrogen-bond acceptors (Lipinski definition) is 2. The summed E-state index contributed by atoms with van der Waals surface area (Å²) in [6.45, 7) is 0. The van der Waals surface area contributed by atoms with Gasteiger partial charge in [0.25, 0.3) is 0 Å². The van der Waals surface area contributed by atoms with E-state index in [-0.39, 0.29) is 0 Å². The van der Waals surface area contributed by atoms with E-state index in [0.717, 1.165) is 22.4 Å². The highest BCUT2D eigenvalue weighted by Gasteiger charge is 2.17. The van der Waals surface area contributed by atoms with Crippen molar-refractivity contribution in [2.45, 2.75) is 0 Å². The summed E-state index contributed by atoms with van der Waals surface area (Å²) >= 11 is 0. The van der Waals surface area contributed by atoms with Crippen molar-refractivity contribution in [3.05, 3.63) is 59.8 Å². The van der Waals surface area contributed by atoms with E-state index >= 15 is 0 Å². The van der Waals surface area contributed by atoms with Crippen molar-refractivity contribution in [3.63, 3.8) is 0 Å². The Balaban J connectivity index is 2.37. The molecule has 3 nitrogen and oxygen atoms in total. The number of amides is 1. The first-order valence-corrected chi connectivity index (χ1v) is 5.72. The minimum absolute atomic E-state index is 0.412. The van der Waals surface area contributed by atoms with Gasteiger partial charge >= 0.3 is 0 Å². The lowest BCUT2D eigenvalue weighted by Crippen LogP contribution is -2.13. The largest absolute Gasteiger partial charge is 0.366 e. The van der Waals surface area contributed by atoms with Crippen molar-refractivity contribution in [3.8, 4) is 11.1 Å². The van der Waals surface area contributed by atoms with Crippen molar-refractivity contribution in [1.82, 2.24) is 0 Å². The molecule has 0 unspecified atom stereocenters. The van der Waals surface area contributed by atoms with E-state index in [2.05, 4.69) is 5.32 Å². The molecule has 1 aliphatic heterocycles. The van der Waals surface area contributed by atoms with Crippen LogP contribution < -0.4 is 11.1 Å². The molecule has 0 spiro atoms. The van der Waals surface area contributed by atoms with E-state index in [9.17, 15) is 4.79 Å². The third-order valence-electron chi connectivity index (χ3n) is 3.06. The van der Waals surface area contributed by atoms with Gasteiger partial charge in [-0.15, -0.1) is 0 Å². The second kappa shape index (κ2) is 4.04. The number of primary amides is 1. The van der Waals surface area contributed by atoms with Crippen LogP contribution in [0.1, 0.15) is 15.9 Å². The summed E-state index contributed by atoms with van der Waals surface area (Å²) in [6, 6.07) is 13.5. The lowest BCUT2D eigenvalue weighted by molar-refractivity contribution is 0.100. The van der Waals surface area contributed by atoms with Crippen LogP contribution in [0.15, 0.2) is 48.7 Å². The number of fused-ring (bicyclic) bond motifs is 3.